The largest absolute Gasteiger partial charge is 0.450 e. The van der Waals surface area contributed by atoms with Crippen molar-refractivity contribution in [2.24, 2.45) is 10.9 Å². The second-order valence-electron chi connectivity index (χ2n) is 6.88. The zero-order valence-electron chi connectivity index (χ0n) is 15.9. The third kappa shape index (κ3) is 4.68. The number of nitrogens with one attached hydrogen (secondary N) is 1. The van der Waals surface area contributed by atoms with Crippen molar-refractivity contribution in [2.45, 2.75) is 26.2 Å². The smallest absolute Gasteiger partial charge is 0.409 e. The highest BCUT2D eigenvalue weighted by Gasteiger charge is 2.38. The molecule has 1 heterocycles. The van der Waals surface area contributed by atoms with Crippen LogP contribution in [0.5, 0.6) is 0 Å². The first-order chi connectivity index (χ1) is 12.7. The molecular formula is C20H30N4O2. The van der Waals surface area contributed by atoms with Gasteiger partial charge in [-0.3, -0.25) is 4.99 Å². The Morgan fingerprint density at radius 1 is 1.15 bits per heavy atom. The number of piperazine rings is 1. The minimum absolute atomic E-state index is 0.210. The van der Waals surface area contributed by atoms with Crippen LogP contribution in [0.15, 0.2) is 35.3 Å². The standard InChI is InChI=1S/C20H30N4O2/c1-3-21-19(23-10-12-24(13-11-23)20(25)26-4-2)22-15-17-14-18(17)16-8-6-5-7-9-16/h5-9,17-18H,3-4,10-15H2,1-2H3,(H,21,22). The normalized spacial score (nSPS) is 22.9. The monoisotopic (exact) mass is 358 g/mol. The van der Waals surface area contributed by atoms with Crippen LogP contribution < -0.4 is 5.32 Å². The molecule has 2 aliphatic rings. The number of hydrogen-bond acceptors (Lipinski definition) is 3. The van der Waals surface area contributed by atoms with Gasteiger partial charge in [-0.2, -0.15) is 0 Å². The number of hydrogen-bond donors (Lipinski definition) is 1. The van der Waals surface area contributed by atoms with Gasteiger partial charge in [0.2, 0.25) is 0 Å². The van der Waals surface area contributed by atoms with Crippen molar-refractivity contribution in [2.75, 3.05) is 45.9 Å². The van der Waals surface area contributed by atoms with E-state index in [0.717, 1.165) is 32.1 Å². The van der Waals surface area contributed by atoms with Crippen molar-refractivity contribution in [3.8, 4) is 0 Å². The van der Waals surface area contributed by atoms with Crippen molar-refractivity contribution < 1.29 is 9.53 Å². The molecular weight excluding hydrogens is 328 g/mol. The predicted octanol–water partition coefficient (Wildman–Crippen LogP) is 2.53. The van der Waals surface area contributed by atoms with Gasteiger partial charge in [0.15, 0.2) is 5.96 Å². The zero-order valence-corrected chi connectivity index (χ0v) is 15.9. The Bertz CT molecular complexity index is 611. The molecule has 26 heavy (non-hydrogen) atoms. The van der Waals surface area contributed by atoms with Crippen molar-refractivity contribution in [1.82, 2.24) is 15.1 Å². The van der Waals surface area contributed by atoms with Crippen LogP contribution in [0.2, 0.25) is 0 Å². The van der Waals surface area contributed by atoms with Gasteiger partial charge < -0.3 is 19.9 Å². The molecule has 1 aliphatic heterocycles. The minimum atomic E-state index is -0.210. The third-order valence-corrected chi connectivity index (χ3v) is 5.07. The van der Waals surface area contributed by atoms with Gasteiger partial charge in [-0.05, 0) is 37.7 Å². The zero-order chi connectivity index (χ0) is 18.4. The average molecular weight is 358 g/mol. The average Bonchev–Trinajstić information content (AvgIpc) is 3.46. The van der Waals surface area contributed by atoms with Gasteiger partial charge >= 0.3 is 6.09 Å². The number of aliphatic imine (C=N–C) groups is 1. The highest BCUT2D eigenvalue weighted by Crippen LogP contribution is 2.47. The van der Waals surface area contributed by atoms with E-state index in [1.54, 1.807) is 4.90 Å². The second-order valence-corrected chi connectivity index (χ2v) is 6.88. The van der Waals surface area contributed by atoms with Crippen LogP contribution in [0, 0.1) is 5.92 Å². The fourth-order valence-electron chi connectivity index (χ4n) is 3.50. The van der Waals surface area contributed by atoms with E-state index in [1.165, 1.54) is 12.0 Å². The number of ether oxygens (including phenoxy) is 1. The van der Waals surface area contributed by atoms with E-state index in [1.807, 2.05) is 6.92 Å². The molecule has 2 unspecified atom stereocenters. The molecule has 2 fully saturated rings. The van der Waals surface area contributed by atoms with Gasteiger partial charge in [-0.1, -0.05) is 30.3 Å². The maximum atomic E-state index is 11.8. The van der Waals surface area contributed by atoms with Crippen LogP contribution in [0.25, 0.3) is 0 Å². The van der Waals surface area contributed by atoms with Crippen LogP contribution in [0.3, 0.4) is 0 Å². The van der Waals surface area contributed by atoms with E-state index >= 15 is 0 Å². The number of rotatable bonds is 5. The van der Waals surface area contributed by atoms with Gasteiger partial charge in [0, 0.05) is 39.3 Å². The van der Waals surface area contributed by atoms with Crippen LogP contribution in [-0.2, 0) is 4.74 Å². The van der Waals surface area contributed by atoms with Crippen molar-refractivity contribution >= 4 is 12.1 Å². The Morgan fingerprint density at radius 2 is 1.85 bits per heavy atom. The highest BCUT2D eigenvalue weighted by molar-refractivity contribution is 5.80. The van der Waals surface area contributed by atoms with Gasteiger partial charge in [0.05, 0.1) is 6.61 Å². The van der Waals surface area contributed by atoms with Crippen LogP contribution in [-0.4, -0.2) is 67.7 Å². The summed E-state index contributed by atoms with van der Waals surface area (Å²) in [4.78, 5) is 20.7. The number of amides is 1. The lowest BCUT2D eigenvalue weighted by Gasteiger charge is -2.35. The molecule has 0 radical (unpaired) electrons. The van der Waals surface area contributed by atoms with Crippen LogP contribution >= 0.6 is 0 Å². The Kier molecular flexibility index (Phi) is 6.36. The molecule has 1 saturated heterocycles. The van der Waals surface area contributed by atoms with Gasteiger partial charge in [-0.15, -0.1) is 0 Å². The Morgan fingerprint density at radius 3 is 2.50 bits per heavy atom. The second kappa shape index (κ2) is 8.92. The molecule has 1 aromatic rings. The van der Waals surface area contributed by atoms with Gasteiger partial charge in [-0.25, -0.2) is 4.79 Å². The maximum absolute atomic E-state index is 11.8. The fraction of sp³-hybridized carbons (Fsp3) is 0.600. The summed E-state index contributed by atoms with van der Waals surface area (Å²) in [7, 11) is 0. The van der Waals surface area contributed by atoms with Crippen molar-refractivity contribution in [3.05, 3.63) is 35.9 Å². The summed E-state index contributed by atoms with van der Waals surface area (Å²) in [6, 6.07) is 10.7. The predicted molar refractivity (Wildman–Crippen MR) is 103 cm³/mol. The quantitative estimate of drug-likeness (QED) is 0.649. The van der Waals surface area contributed by atoms with E-state index in [-0.39, 0.29) is 6.09 Å². The highest BCUT2D eigenvalue weighted by atomic mass is 16.6. The van der Waals surface area contributed by atoms with Gasteiger partial charge in [0.25, 0.3) is 0 Å². The molecule has 142 valence electrons. The summed E-state index contributed by atoms with van der Waals surface area (Å²) in [5.74, 6) is 2.27. The Hall–Kier alpha value is -2.24. The maximum Gasteiger partial charge on any atom is 0.409 e. The SMILES string of the molecule is CCNC(=NCC1CC1c1ccccc1)N1CCN(C(=O)OCC)CC1. The first kappa shape index (κ1) is 18.5. The lowest BCUT2D eigenvalue weighted by atomic mass is 10.1. The summed E-state index contributed by atoms with van der Waals surface area (Å²) >= 11 is 0. The Labute approximate surface area is 156 Å². The first-order valence-corrected chi connectivity index (χ1v) is 9.72. The molecule has 1 saturated carbocycles. The van der Waals surface area contributed by atoms with Crippen molar-refractivity contribution in [3.63, 3.8) is 0 Å². The molecule has 3 rings (SSSR count). The van der Waals surface area contributed by atoms with Gasteiger partial charge in [0.1, 0.15) is 0 Å². The molecule has 1 amide bonds. The lowest BCUT2D eigenvalue weighted by molar-refractivity contribution is 0.0914. The minimum Gasteiger partial charge on any atom is -0.450 e. The van der Waals surface area contributed by atoms with E-state index in [9.17, 15) is 4.79 Å². The lowest BCUT2D eigenvalue weighted by Crippen LogP contribution is -2.54. The molecule has 0 spiro atoms. The topological polar surface area (TPSA) is 57.2 Å². The summed E-state index contributed by atoms with van der Waals surface area (Å²) in [6.45, 7) is 9.00. The van der Waals surface area contributed by atoms with Crippen LogP contribution in [0.4, 0.5) is 4.79 Å². The van der Waals surface area contributed by atoms with E-state index in [0.29, 0.717) is 31.5 Å². The summed E-state index contributed by atoms with van der Waals surface area (Å²) in [6.07, 6.45) is 1.02. The molecule has 6 heteroatoms. The van der Waals surface area contributed by atoms with E-state index in [4.69, 9.17) is 9.73 Å². The molecule has 1 aliphatic carbocycles. The molecule has 0 bridgehead atoms. The summed E-state index contributed by atoms with van der Waals surface area (Å²) in [5.41, 5.74) is 1.43. The number of carbonyl (C=O) groups is 1. The number of nitrogens with zero attached hydrogens (tertiary/aromatic N) is 3. The Balaban J connectivity index is 1.51. The van der Waals surface area contributed by atoms with Crippen LogP contribution in [0.1, 0.15) is 31.7 Å². The molecule has 1 N–H and O–H groups in total. The fourth-order valence-corrected chi connectivity index (χ4v) is 3.50. The molecule has 1 aromatic carbocycles. The van der Waals surface area contributed by atoms with Crippen molar-refractivity contribution in [1.29, 1.82) is 0 Å². The first-order valence-electron chi connectivity index (χ1n) is 9.72. The number of benzene rings is 1. The summed E-state index contributed by atoms with van der Waals surface area (Å²) < 4.78 is 5.09. The third-order valence-electron chi connectivity index (χ3n) is 5.07. The molecule has 2 atom stereocenters. The van der Waals surface area contributed by atoms with E-state index < -0.39 is 0 Å². The number of guanidine groups is 1. The molecule has 6 nitrogen and oxygen atoms in total. The summed E-state index contributed by atoms with van der Waals surface area (Å²) in [5, 5.41) is 3.40. The van der Waals surface area contributed by atoms with E-state index in [2.05, 4.69) is 47.5 Å². The molecule has 0 aromatic heterocycles. The number of carbonyl (C=O) groups excluding carboxylic acids is 1.